The van der Waals surface area contributed by atoms with Crippen LogP contribution in [0.3, 0.4) is 0 Å². The van der Waals surface area contributed by atoms with E-state index >= 15 is 0 Å². The van der Waals surface area contributed by atoms with Crippen LogP contribution in [0.15, 0.2) is 0 Å². The number of carbonyl (C=O) groups excluding carboxylic acids is 2. The van der Waals surface area contributed by atoms with Crippen molar-refractivity contribution in [2.24, 2.45) is 0 Å². The number of rotatable bonds is 3. The second-order valence-corrected chi connectivity index (χ2v) is 12.7. The first kappa shape index (κ1) is 38.0. The van der Waals surface area contributed by atoms with Crippen molar-refractivity contribution in [2.75, 3.05) is 13.2 Å². The van der Waals surface area contributed by atoms with Gasteiger partial charge in [0.2, 0.25) is 0 Å². The van der Waals surface area contributed by atoms with Crippen LogP contribution >= 0.6 is 0 Å². The normalized spacial score (nSPS) is 39.4. The van der Waals surface area contributed by atoms with Gasteiger partial charge in [-0.3, -0.25) is 9.59 Å². The first-order chi connectivity index (χ1) is 21.6. The van der Waals surface area contributed by atoms with E-state index in [1.165, 1.54) is 45.4 Å². The average molecular weight is 649 g/mol. The van der Waals surface area contributed by atoms with Crippen LogP contribution in [-0.2, 0) is 38.0 Å². The predicted molar refractivity (Wildman–Crippen MR) is 160 cm³/mol. The molecule has 4 aliphatic heterocycles. The van der Waals surface area contributed by atoms with Crippen LogP contribution in [0.1, 0.15) is 110 Å². The molecule has 4 rings (SSSR count). The minimum atomic E-state index is -1.76. The molecule has 2 bridgehead atoms. The molecule has 0 saturated carbocycles. The lowest BCUT2D eigenvalue weighted by Gasteiger charge is -2.46. The molecule has 0 amide bonds. The molecule has 0 aliphatic carbocycles. The zero-order chi connectivity index (χ0) is 32.8. The molecular formula is C32H56O13. The van der Waals surface area contributed by atoms with Gasteiger partial charge in [0.05, 0.1) is 12.7 Å². The van der Waals surface area contributed by atoms with E-state index in [0.29, 0.717) is 12.8 Å². The van der Waals surface area contributed by atoms with Gasteiger partial charge in [-0.1, -0.05) is 77.0 Å². The highest BCUT2D eigenvalue weighted by Crippen LogP contribution is 2.32. The Balaban J connectivity index is 1.76. The third kappa shape index (κ3) is 12.3. The van der Waals surface area contributed by atoms with E-state index in [-0.39, 0.29) is 12.5 Å². The van der Waals surface area contributed by atoms with Gasteiger partial charge < -0.3 is 54.0 Å². The molecule has 0 aromatic carbocycles. The molecule has 11 atom stereocenters. The number of fused-ring (bicyclic) bond motifs is 20. The minimum Gasteiger partial charge on any atom is -0.463 e. The van der Waals surface area contributed by atoms with Crippen molar-refractivity contribution in [1.82, 2.24) is 0 Å². The molecule has 0 radical (unpaired) electrons. The lowest BCUT2D eigenvalue weighted by atomic mass is 9.97. The maximum absolute atomic E-state index is 12.7. The summed E-state index contributed by atoms with van der Waals surface area (Å²) in [6.07, 6.45) is -0.170. The highest BCUT2D eigenvalue weighted by atomic mass is 16.8. The highest BCUT2D eigenvalue weighted by Gasteiger charge is 2.52. The Morgan fingerprint density at radius 2 is 1.22 bits per heavy atom. The Morgan fingerprint density at radius 3 is 1.80 bits per heavy atom. The van der Waals surface area contributed by atoms with E-state index in [4.69, 9.17) is 28.4 Å². The van der Waals surface area contributed by atoms with Gasteiger partial charge in [0.15, 0.2) is 18.7 Å². The zero-order valence-corrected chi connectivity index (χ0v) is 26.9. The van der Waals surface area contributed by atoms with Crippen LogP contribution in [-0.4, -0.2) is 118 Å². The van der Waals surface area contributed by atoms with E-state index in [1.807, 2.05) is 6.92 Å². The highest BCUT2D eigenvalue weighted by molar-refractivity contribution is 5.69. The van der Waals surface area contributed by atoms with Gasteiger partial charge in [-0.25, -0.2) is 0 Å². The smallest absolute Gasteiger partial charge is 0.306 e. The zero-order valence-electron chi connectivity index (χ0n) is 26.9. The Morgan fingerprint density at radius 1 is 0.689 bits per heavy atom. The van der Waals surface area contributed by atoms with Gasteiger partial charge in [-0.15, -0.1) is 0 Å². The van der Waals surface area contributed by atoms with Gasteiger partial charge >= 0.3 is 11.9 Å². The van der Waals surface area contributed by atoms with Crippen LogP contribution in [0.25, 0.3) is 0 Å². The Labute approximate surface area is 266 Å². The van der Waals surface area contributed by atoms with E-state index in [0.717, 1.165) is 38.5 Å². The van der Waals surface area contributed by atoms with Crippen LogP contribution in [0.4, 0.5) is 0 Å². The largest absolute Gasteiger partial charge is 0.463 e. The van der Waals surface area contributed by atoms with Crippen molar-refractivity contribution < 1.29 is 63.5 Å². The second-order valence-electron chi connectivity index (χ2n) is 12.7. The Kier molecular flexibility index (Phi) is 17.0. The maximum Gasteiger partial charge on any atom is 0.306 e. The van der Waals surface area contributed by atoms with Gasteiger partial charge in [0.1, 0.15) is 49.3 Å². The summed E-state index contributed by atoms with van der Waals surface area (Å²) in [6.45, 7) is 2.04. The number of ether oxygens (including phenoxy) is 6. The molecule has 0 aromatic rings. The summed E-state index contributed by atoms with van der Waals surface area (Å²) in [7, 11) is 0. The molecule has 0 aromatic heterocycles. The molecule has 13 heteroatoms. The third-order valence-corrected chi connectivity index (χ3v) is 8.83. The fourth-order valence-corrected chi connectivity index (χ4v) is 6.12. The fraction of sp³-hybridized carbons (Fsp3) is 0.938. The van der Waals surface area contributed by atoms with E-state index in [1.54, 1.807) is 0 Å². The van der Waals surface area contributed by atoms with E-state index in [2.05, 4.69) is 0 Å². The summed E-state index contributed by atoms with van der Waals surface area (Å²) in [5.74, 6) is -1.22. The molecule has 0 spiro atoms. The number of carbonyl (C=O) groups is 2. The average Bonchev–Trinajstić information content (AvgIpc) is 3.00. The number of esters is 2. The predicted octanol–water partition coefficient (Wildman–Crippen LogP) is 2.00. The molecule has 13 nitrogen and oxygen atoms in total. The lowest BCUT2D eigenvalue weighted by molar-refractivity contribution is -0.371. The minimum absolute atomic E-state index is 0.117. The van der Waals surface area contributed by atoms with Crippen molar-refractivity contribution in [2.45, 2.75) is 178 Å². The molecule has 4 heterocycles. The number of hydrogen-bond acceptors (Lipinski definition) is 13. The Bertz CT molecular complexity index is 859. The molecule has 5 N–H and O–H groups in total. The summed E-state index contributed by atoms with van der Waals surface area (Å²) in [4.78, 5) is 24.3. The van der Waals surface area contributed by atoms with E-state index in [9.17, 15) is 35.1 Å². The van der Waals surface area contributed by atoms with Crippen molar-refractivity contribution in [3.05, 3.63) is 0 Å². The third-order valence-electron chi connectivity index (χ3n) is 8.83. The van der Waals surface area contributed by atoms with Crippen molar-refractivity contribution in [1.29, 1.82) is 0 Å². The summed E-state index contributed by atoms with van der Waals surface area (Å²) in [5.41, 5.74) is 0. The first-order valence-electron chi connectivity index (χ1n) is 16.9. The topological polar surface area (TPSA) is 191 Å². The van der Waals surface area contributed by atoms with Crippen LogP contribution in [0.2, 0.25) is 0 Å². The molecule has 4 fully saturated rings. The Hall–Kier alpha value is -1.42. The molecular weight excluding hydrogens is 592 g/mol. The van der Waals surface area contributed by atoms with Gasteiger partial charge in [0, 0.05) is 13.3 Å². The molecule has 45 heavy (non-hydrogen) atoms. The number of aliphatic hydroxyl groups excluding tert-OH is 5. The van der Waals surface area contributed by atoms with Crippen molar-refractivity contribution in [3.8, 4) is 0 Å². The number of hydrogen-bond donors (Lipinski definition) is 5. The van der Waals surface area contributed by atoms with Gasteiger partial charge in [-0.2, -0.15) is 0 Å². The van der Waals surface area contributed by atoms with Crippen molar-refractivity contribution >= 4 is 11.9 Å². The van der Waals surface area contributed by atoms with E-state index < -0.39 is 86.6 Å². The first-order valence-corrected chi connectivity index (χ1v) is 16.9. The summed E-state index contributed by atoms with van der Waals surface area (Å²) in [6, 6.07) is 0. The second kappa shape index (κ2) is 20.1. The summed E-state index contributed by atoms with van der Waals surface area (Å²) < 4.78 is 34.3. The monoisotopic (exact) mass is 648 g/mol. The van der Waals surface area contributed by atoms with Crippen LogP contribution < -0.4 is 0 Å². The van der Waals surface area contributed by atoms with Crippen LogP contribution in [0, 0.1) is 0 Å². The summed E-state index contributed by atoms with van der Waals surface area (Å²) >= 11 is 0. The van der Waals surface area contributed by atoms with Crippen LogP contribution in [0.5, 0.6) is 0 Å². The van der Waals surface area contributed by atoms with Gasteiger partial charge in [-0.05, 0) is 19.8 Å². The summed E-state index contributed by atoms with van der Waals surface area (Å²) in [5, 5.41) is 53.3. The molecule has 1 unspecified atom stereocenters. The maximum atomic E-state index is 12.7. The standard InChI is InChI=1S/C32H56O13/c1-20-16-14-12-10-8-6-4-3-5-7-9-11-13-15-17-24(35)44-29-23(19-40-21(2)34)43-31(28(39)27(29)38)45-30-26(37)25(36)22(18-33)42-32(30)41-20/h20,22-23,25-33,36-39H,3-19H2,1-2H3/t20?,22-,23-,25-,26+,27-,28-,29-,30-,31+,32-/m1/s1. The van der Waals surface area contributed by atoms with Gasteiger partial charge in [0.25, 0.3) is 0 Å². The molecule has 262 valence electrons. The SMILES string of the molecule is CC(=O)OC[C@H]1O[C@H]2O[C@H]3[C@H](OC(C)CCCCCCCCCCCCCCCC(=O)O[C@H]1[C@H](O)[C@H]2O)O[C@H](CO)[C@@H](O)[C@@H]3O. The lowest BCUT2D eigenvalue weighted by Crippen LogP contribution is -2.65. The quantitative estimate of drug-likeness (QED) is 0.280. The molecule has 4 aliphatic rings. The van der Waals surface area contributed by atoms with Crippen molar-refractivity contribution in [3.63, 3.8) is 0 Å². The number of aliphatic hydroxyl groups is 5. The molecule has 4 saturated heterocycles. The fourth-order valence-electron chi connectivity index (χ4n) is 6.12.